The van der Waals surface area contributed by atoms with Crippen LogP contribution in [0.2, 0.25) is 0 Å². The molecule has 3 heterocycles. The number of hydrogen-bond donors (Lipinski definition) is 0. The van der Waals surface area contributed by atoms with Gasteiger partial charge < -0.3 is 4.57 Å². The second kappa shape index (κ2) is 7.80. The molecule has 6 heteroatoms. The molecule has 1 saturated heterocycles. The smallest absolute Gasteiger partial charge is 0.266 e. The van der Waals surface area contributed by atoms with Crippen LogP contribution in [0, 0.1) is 5.92 Å². The summed E-state index contributed by atoms with van der Waals surface area (Å²) in [7, 11) is 1.77. The lowest BCUT2D eigenvalue weighted by Crippen LogP contribution is -2.37. The van der Waals surface area contributed by atoms with Gasteiger partial charge >= 0.3 is 0 Å². The predicted octanol–water partition coefficient (Wildman–Crippen LogP) is 2.15. The molecule has 0 radical (unpaired) electrons. The fraction of sp³-hybridized carbons (Fsp3) is 0.571. The lowest BCUT2D eigenvalue weighted by atomic mass is 9.92. The van der Waals surface area contributed by atoms with Gasteiger partial charge in [0.05, 0.1) is 5.69 Å². The zero-order chi connectivity index (χ0) is 19.6. The molecule has 27 heavy (non-hydrogen) atoms. The van der Waals surface area contributed by atoms with Crippen molar-refractivity contribution >= 4 is 0 Å². The Morgan fingerprint density at radius 3 is 2.41 bits per heavy atom. The Morgan fingerprint density at radius 1 is 1.07 bits per heavy atom. The van der Waals surface area contributed by atoms with Crippen LogP contribution in [-0.2, 0) is 25.6 Å². The van der Waals surface area contributed by atoms with E-state index in [9.17, 15) is 9.59 Å². The second-order valence-corrected chi connectivity index (χ2v) is 8.69. The standard InChI is InChI=1S/C21H30N4O2/c1-21(2,3)18-5-6-19(26)25(22-18)15-16-8-11-24(12-9-16)14-17-7-10-23(4)20(27)13-17/h5-7,10,13,16H,8-9,11-12,14-15H2,1-4H3. The third kappa shape index (κ3) is 4.95. The highest BCUT2D eigenvalue weighted by molar-refractivity contribution is 5.11. The zero-order valence-corrected chi connectivity index (χ0v) is 16.8. The Labute approximate surface area is 160 Å². The lowest BCUT2D eigenvalue weighted by molar-refractivity contribution is 0.163. The van der Waals surface area contributed by atoms with Gasteiger partial charge in [-0.1, -0.05) is 20.8 Å². The third-order valence-corrected chi connectivity index (χ3v) is 5.35. The molecule has 0 atom stereocenters. The van der Waals surface area contributed by atoms with Gasteiger partial charge in [0.2, 0.25) is 0 Å². The Morgan fingerprint density at radius 2 is 1.78 bits per heavy atom. The fourth-order valence-corrected chi connectivity index (χ4v) is 3.50. The van der Waals surface area contributed by atoms with Crippen molar-refractivity contribution in [2.45, 2.75) is 52.1 Å². The van der Waals surface area contributed by atoms with E-state index >= 15 is 0 Å². The van der Waals surface area contributed by atoms with E-state index in [0.717, 1.165) is 43.7 Å². The monoisotopic (exact) mass is 370 g/mol. The molecular weight excluding hydrogens is 340 g/mol. The topological polar surface area (TPSA) is 60.1 Å². The molecule has 0 saturated carbocycles. The van der Waals surface area contributed by atoms with E-state index in [2.05, 4.69) is 30.8 Å². The minimum Gasteiger partial charge on any atom is -0.319 e. The molecule has 1 aliphatic heterocycles. The number of likely N-dealkylation sites (tertiary alicyclic amines) is 1. The van der Waals surface area contributed by atoms with E-state index in [0.29, 0.717) is 12.5 Å². The number of hydrogen-bond acceptors (Lipinski definition) is 4. The van der Waals surface area contributed by atoms with Gasteiger partial charge in [-0.05, 0) is 49.5 Å². The van der Waals surface area contributed by atoms with Crippen LogP contribution in [0.5, 0.6) is 0 Å². The van der Waals surface area contributed by atoms with Crippen molar-refractivity contribution in [3.8, 4) is 0 Å². The molecule has 2 aromatic heterocycles. The highest BCUT2D eigenvalue weighted by atomic mass is 16.1. The van der Waals surface area contributed by atoms with Gasteiger partial charge in [0.15, 0.2) is 0 Å². The number of nitrogens with zero attached hydrogens (tertiary/aromatic N) is 4. The number of pyridine rings is 1. The molecule has 146 valence electrons. The van der Waals surface area contributed by atoms with Crippen LogP contribution in [0.3, 0.4) is 0 Å². The van der Waals surface area contributed by atoms with Gasteiger partial charge in [0, 0.05) is 43.9 Å². The molecule has 3 rings (SSSR count). The third-order valence-electron chi connectivity index (χ3n) is 5.35. The first kappa shape index (κ1) is 19.5. The summed E-state index contributed by atoms with van der Waals surface area (Å²) in [6.07, 6.45) is 3.90. The quantitative estimate of drug-likeness (QED) is 0.827. The van der Waals surface area contributed by atoms with Gasteiger partial charge in [-0.2, -0.15) is 5.10 Å². The predicted molar refractivity (Wildman–Crippen MR) is 107 cm³/mol. The van der Waals surface area contributed by atoms with Gasteiger partial charge in [0.25, 0.3) is 11.1 Å². The summed E-state index contributed by atoms with van der Waals surface area (Å²) in [4.78, 5) is 26.3. The molecule has 2 aromatic rings. The van der Waals surface area contributed by atoms with E-state index in [1.165, 1.54) is 0 Å². The van der Waals surface area contributed by atoms with Crippen LogP contribution in [0.4, 0.5) is 0 Å². The Hall–Kier alpha value is -2.21. The van der Waals surface area contributed by atoms with Crippen molar-refractivity contribution in [1.29, 1.82) is 0 Å². The first-order valence-electron chi connectivity index (χ1n) is 9.69. The fourth-order valence-electron chi connectivity index (χ4n) is 3.50. The summed E-state index contributed by atoms with van der Waals surface area (Å²) in [6.45, 7) is 9.78. The van der Waals surface area contributed by atoms with E-state index in [-0.39, 0.29) is 16.5 Å². The highest BCUT2D eigenvalue weighted by Gasteiger charge is 2.22. The van der Waals surface area contributed by atoms with E-state index in [1.807, 2.05) is 18.3 Å². The number of aromatic nitrogens is 3. The molecule has 1 aliphatic rings. The van der Waals surface area contributed by atoms with Crippen molar-refractivity contribution in [3.05, 3.63) is 62.4 Å². The van der Waals surface area contributed by atoms with Crippen LogP contribution in [0.15, 0.2) is 40.1 Å². The van der Waals surface area contributed by atoms with E-state index in [1.54, 1.807) is 28.4 Å². The Balaban J connectivity index is 1.59. The van der Waals surface area contributed by atoms with Gasteiger partial charge in [-0.25, -0.2) is 4.68 Å². The number of rotatable bonds is 4. The largest absolute Gasteiger partial charge is 0.319 e. The van der Waals surface area contributed by atoms with E-state index < -0.39 is 0 Å². The van der Waals surface area contributed by atoms with Crippen molar-refractivity contribution in [1.82, 2.24) is 19.2 Å². The minimum absolute atomic E-state index is 0.0226. The molecule has 1 fully saturated rings. The molecule has 0 aliphatic carbocycles. The van der Waals surface area contributed by atoms with Gasteiger partial charge in [-0.15, -0.1) is 0 Å². The average molecular weight is 370 g/mol. The van der Waals surface area contributed by atoms with Crippen molar-refractivity contribution < 1.29 is 0 Å². The van der Waals surface area contributed by atoms with Crippen LogP contribution in [0.1, 0.15) is 44.9 Å². The molecule has 0 spiro atoms. The summed E-state index contributed by atoms with van der Waals surface area (Å²) in [6, 6.07) is 7.20. The summed E-state index contributed by atoms with van der Waals surface area (Å²) < 4.78 is 3.23. The maximum absolute atomic E-state index is 12.2. The number of aryl methyl sites for hydroxylation is 1. The summed E-state index contributed by atoms with van der Waals surface area (Å²) in [5, 5.41) is 4.60. The molecule has 0 aromatic carbocycles. The zero-order valence-electron chi connectivity index (χ0n) is 16.8. The minimum atomic E-state index is -0.0639. The number of piperidine rings is 1. The molecule has 6 nitrogen and oxygen atoms in total. The average Bonchev–Trinajstić information content (AvgIpc) is 2.61. The molecule has 0 unspecified atom stereocenters. The summed E-state index contributed by atoms with van der Waals surface area (Å²) >= 11 is 0. The van der Waals surface area contributed by atoms with Crippen LogP contribution < -0.4 is 11.1 Å². The van der Waals surface area contributed by atoms with Crippen molar-refractivity contribution in [3.63, 3.8) is 0 Å². The summed E-state index contributed by atoms with van der Waals surface area (Å²) in [5.41, 5.74) is 1.96. The normalized spacial score (nSPS) is 16.6. The van der Waals surface area contributed by atoms with Crippen LogP contribution in [-0.4, -0.2) is 32.3 Å². The van der Waals surface area contributed by atoms with Gasteiger partial charge in [-0.3, -0.25) is 14.5 Å². The van der Waals surface area contributed by atoms with Gasteiger partial charge in [0.1, 0.15) is 0 Å². The van der Waals surface area contributed by atoms with Crippen molar-refractivity contribution in [2.24, 2.45) is 13.0 Å². The Kier molecular flexibility index (Phi) is 5.65. The maximum atomic E-state index is 12.2. The molecule has 0 N–H and O–H groups in total. The molecule has 0 amide bonds. The summed E-state index contributed by atoms with van der Waals surface area (Å²) in [5.74, 6) is 0.463. The maximum Gasteiger partial charge on any atom is 0.266 e. The first-order valence-corrected chi connectivity index (χ1v) is 9.69. The molecule has 0 bridgehead atoms. The second-order valence-electron chi connectivity index (χ2n) is 8.69. The van der Waals surface area contributed by atoms with Crippen LogP contribution >= 0.6 is 0 Å². The SMILES string of the molecule is Cn1ccc(CN2CCC(Cn3nc(C(C)(C)C)ccc3=O)CC2)cc1=O. The lowest BCUT2D eigenvalue weighted by Gasteiger charge is -2.32. The highest BCUT2D eigenvalue weighted by Crippen LogP contribution is 2.21. The Bertz CT molecular complexity index is 899. The van der Waals surface area contributed by atoms with E-state index in [4.69, 9.17) is 0 Å². The molecular formula is C21H30N4O2. The van der Waals surface area contributed by atoms with Crippen LogP contribution in [0.25, 0.3) is 0 Å². The van der Waals surface area contributed by atoms with Crippen molar-refractivity contribution in [2.75, 3.05) is 13.1 Å². The first-order chi connectivity index (χ1) is 12.7.